The fraction of sp³-hybridized carbons (Fsp3) is 0.333. The van der Waals surface area contributed by atoms with E-state index in [4.69, 9.17) is 0 Å². The van der Waals surface area contributed by atoms with E-state index in [2.05, 4.69) is 0 Å². The molecule has 8 amide bonds. The maximum absolute atomic E-state index is 12.0. The molecule has 0 unspecified atom stereocenters. The van der Waals surface area contributed by atoms with Gasteiger partial charge in [-0.1, -0.05) is 12.2 Å². The summed E-state index contributed by atoms with van der Waals surface area (Å²) in [5.74, 6) is -4.25. The number of hydrogen-bond donors (Lipinski definition) is 0. The van der Waals surface area contributed by atoms with E-state index in [0.717, 1.165) is 25.7 Å². The predicted octanol–water partition coefficient (Wildman–Crippen LogP) is -0.814. The number of likely N-dealkylation sites (N-methyl/N-ethyl adjacent to an activating group) is 2. The Morgan fingerprint density at radius 1 is 0.680 bits per heavy atom. The molecule has 0 aliphatic carbocycles. The Balaban J connectivity index is 2.28. The molecule has 0 bridgehead atoms. The minimum atomic E-state index is -1.24. The van der Waals surface area contributed by atoms with Crippen molar-refractivity contribution in [3.05, 3.63) is 23.8 Å². The molecule has 0 aromatic rings. The highest BCUT2D eigenvalue weighted by molar-refractivity contribution is 6.28. The Morgan fingerprint density at radius 3 is 1.52 bits per heavy atom. The van der Waals surface area contributed by atoms with E-state index in [9.17, 15) is 28.8 Å². The largest absolute Gasteiger partial charge is 0.333 e. The highest BCUT2D eigenvalue weighted by Gasteiger charge is 2.41. The van der Waals surface area contributed by atoms with E-state index in [1.54, 1.807) is 0 Å². The van der Waals surface area contributed by atoms with Crippen LogP contribution in [0.25, 0.3) is 0 Å². The topological polar surface area (TPSA) is 115 Å². The zero-order valence-corrected chi connectivity index (χ0v) is 14.0. The summed E-state index contributed by atoms with van der Waals surface area (Å²) in [5, 5.41) is 0. The SMILES string of the molecule is CN1C(=O)C(=CC=CC2C(=O)N(C)C(=O)N(C)C2=O)C(=O)N(C)C1=O. The van der Waals surface area contributed by atoms with Gasteiger partial charge in [-0.3, -0.25) is 38.8 Å². The number of barbiturate groups is 2. The van der Waals surface area contributed by atoms with Crippen molar-refractivity contribution in [1.82, 2.24) is 19.6 Å². The first-order valence-corrected chi connectivity index (χ1v) is 7.17. The average Bonchev–Trinajstić information content (AvgIpc) is 2.60. The van der Waals surface area contributed by atoms with Gasteiger partial charge in [-0.05, 0) is 6.08 Å². The number of hydrogen-bond acceptors (Lipinski definition) is 6. The second-order valence-electron chi connectivity index (χ2n) is 5.53. The summed E-state index contributed by atoms with van der Waals surface area (Å²) in [6.45, 7) is 0. The zero-order valence-electron chi connectivity index (χ0n) is 14.0. The van der Waals surface area contributed by atoms with E-state index in [-0.39, 0.29) is 5.57 Å². The van der Waals surface area contributed by atoms with Crippen LogP contribution >= 0.6 is 0 Å². The molecule has 0 N–H and O–H groups in total. The minimum absolute atomic E-state index is 0.283. The van der Waals surface area contributed by atoms with Gasteiger partial charge in [0.1, 0.15) is 11.5 Å². The molecule has 0 radical (unpaired) electrons. The maximum atomic E-state index is 12.0. The van der Waals surface area contributed by atoms with Gasteiger partial charge in [-0.15, -0.1) is 0 Å². The molecule has 25 heavy (non-hydrogen) atoms. The molecule has 0 spiro atoms. The number of amides is 8. The summed E-state index contributed by atoms with van der Waals surface area (Å²) >= 11 is 0. The molecule has 2 rings (SSSR count). The molecule has 2 aliphatic rings. The Hall–Kier alpha value is -3.30. The molecule has 2 saturated heterocycles. The second kappa shape index (κ2) is 6.30. The van der Waals surface area contributed by atoms with Crippen molar-refractivity contribution in [2.24, 2.45) is 5.92 Å². The lowest BCUT2D eigenvalue weighted by Gasteiger charge is -2.31. The van der Waals surface area contributed by atoms with E-state index in [0.29, 0.717) is 0 Å². The Morgan fingerprint density at radius 2 is 1.08 bits per heavy atom. The van der Waals surface area contributed by atoms with Gasteiger partial charge in [-0.25, -0.2) is 9.59 Å². The molecule has 2 heterocycles. The third kappa shape index (κ3) is 2.82. The van der Waals surface area contributed by atoms with E-state index in [1.165, 1.54) is 40.3 Å². The molecule has 0 atom stereocenters. The van der Waals surface area contributed by atoms with Crippen LogP contribution < -0.4 is 0 Å². The monoisotopic (exact) mass is 348 g/mol. The fourth-order valence-corrected chi connectivity index (χ4v) is 2.36. The van der Waals surface area contributed by atoms with E-state index in [1.807, 2.05) is 0 Å². The Labute approximate surface area is 142 Å². The Kier molecular flexibility index (Phi) is 4.55. The molecule has 132 valence electrons. The normalized spacial score (nSPS) is 20.6. The summed E-state index contributed by atoms with van der Waals surface area (Å²) in [5.41, 5.74) is -0.283. The fourth-order valence-electron chi connectivity index (χ4n) is 2.36. The molecule has 2 aliphatic heterocycles. The number of nitrogens with zero attached hydrogens (tertiary/aromatic N) is 4. The first-order valence-electron chi connectivity index (χ1n) is 7.17. The smallest absolute Gasteiger partial charge is 0.273 e. The van der Waals surface area contributed by atoms with Gasteiger partial charge in [0.25, 0.3) is 11.8 Å². The third-order valence-corrected chi connectivity index (χ3v) is 3.98. The minimum Gasteiger partial charge on any atom is -0.273 e. The van der Waals surface area contributed by atoms with Crippen LogP contribution in [-0.2, 0) is 19.2 Å². The third-order valence-electron chi connectivity index (χ3n) is 3.98. The lowest BCUT2D eigenvalue weighted by molar-refractivity contribution is -0.145. The maximum Gasteiger partial charge on any atom is 0.333 e. The van der Waals surface area contributed by atoms with Crippen molar-refractivity contribution in [3.63, 3.8) is 0 Å². The number of urea groups is 2. The molecule has 0 saturated carbocycles. The van der Waals surface area contributed by atoms with Crippen molar-refractivity contribution in [2.45, 2.75) is 0 Å². The van der Waals surface area contributed by atoms with Crippen LogP contribution in [0.5, 0.6) is 0 Å². The summed E-state index contributed by atoms with van der Waals surface area (Å²) in [4.78, 5) is 74.5. The molecule has 0 aromatic heterocycles. The molecule has 10 heteroatoms. The molecular weight excluding hydrogens is 332 g/mol. The van der Waals surface area contributed by atoms with Gasteiger partial charge in [0.05, 0.1) is 0 Å². The van der Waals surface area contributed by atoms with Crippen molar-refractivity contribution >= 4 is 35.7 Å². The predicted molar refractivity (Wildman–Crippen MR) is 82.6 cm³/mol. The number of rotatable bonds is 2. The van der Waals surface area contributed by atoms with Crippen molar-refractivity contribution in [2.75, 3.05) is 28.2 Å². The summed E-state index contributed by atoms with van der Waals surface area (Å²) < 4.78 is 0. The first kappa shape index (κ1) is 18.0. The van der Waals surface area contributed by atoms with E-state index >= 15 is 0 Å². The first-order chi connectivity index (χ1) is 11.6. The lowest BCUT2D eigenvalue weighted by Crippen LogP contribution is -2.56. The Bertz CT molecular complexity index is 718. The quantitative estimate of drug-likeness (QED) is 0.366. The van der Waals surface area contributed by atoms with Crippen LogP contribution in [0, 0.1) is 5.92 Å². The molecule has 2 fully saturated rings. The van der Waals surface area contributed by atoms with Crippen LogP contribution in [0.15, 0.2) is 23.8 Å². The van der Waals surface area contributed by atoms with E-state index < -0.39 is 41.6 Å². The van der Waals surface area contributed by atoms with Gasteiger partial charge < -0.3 is 0 Å². The lowest BCUT2D eigenvalue weighted by atomic mass is 10.0. The summed E-state index contributed by atoms with van der Waals surface area (Å²) in [7, 11) is 4.96. The van der Waals surface area contributed by atoms with Crippen LogP contribution in [0.3, 0.4) is 0 Å². The van der Waals surface area contributed by atoms with Crippen LogP contribution in [0.4, 0.5) is 9.59 Å². The van der Waals surface area contributed by atoms with Crippen molar-refractivity contribution in [1.29, 1.82) is 0 Å². The van der Waals surface area contributed by atoms with Gasteiger partial charge in [-0.2, -0.15) is 0 Å². The molecular formula is C15H16N4O6. The number of carbonyl (C=O) groups is 6. The highest BCUT2D eigenvalue weighted by Crippen LogP contribution is 2.18. The van der Waals surface area contributed by atoms with Crippen LogP contribution in [0.2, 0.25) is 0 Å². The highest BCUT2D eigenvalue weighted by atomic mass is 16.2. The van der Waals surface area contributed by atoms with Crippen LogP contribution in [-0.4, -0.2) is 83.5 Å². The zero-order chi connectivity index (χ0) is 19.0. The molecule has 0 aromatic carbocycles. The number of imide groups is 4. The van der Waals surface area contributed by atoms with Gasteiger partial charge in [0.2, 0.25) is 11.8 Å². The number of carbonyl (C=O) groups excluding carboxylic acids is 6. The van der Waals surface area contributed by atoms with Crippen molar-refractivity contribution in [3.8, 4) is 0 Å². The summed E-state index contributed by atoms with van der Waals surface area (Å²) in [6, 6.07) is -1.49. The standard InChI is InChI=1S/C15H16N4O6/c1-16-10(20)8(11(21)17(2)14(16)24)6-5-7-9-12(22)18(3)15(25)19(4)13(9)23/h5-8H,1-4H3. The van der Waals surface area contributed by atoms with Crippen LogP contribution in [0.1, 0.15) is 0 Å². The van der Waals surface area contributed by atoms with Crippen molar-refractivity contribution < 1.29 is 28.8 Å². The molecule has 10 nitrogen and oxygen atoms in total. The average molecular weight is 348 g/mol. The van der Waals surface area contributed by atoms with Gasteiger partial charge in [0, 0.05) is 28.2 Å². The number of allylic oxidation sites excluding steroid dienone is 2. The summed E-state index contributed by atoms with van der Waals surface area (Å²) in [6.07, 6.45) is 3.52. The van der Waals surface area contributed by atoms with Gasteiger partial charge in [0.15, 0.2) is 0 Å². The van der Waals surface area contributed by atoms with Gasteiger partial charge >= 0.3 is 12.1 Å². The second-order valence-corrected chi connectivity index (χ2v) is 5.53.